The smallest absolute Gasteiger partial charge is 0.410 e. The predicted molar refractivity (Wildman–Crippen MR) is 71.7 cm³/mol. The molecule has 1 saturated heterocycles. The van der Waals surface area contributed by atoms with Crippen LogP contribution in [0.2, 0.25) is 0 Å². The lowest BCUT2D eigenvalue weighted by Crippen LogP contribution is -2.34. The van der Waals surface area contributed by atoms with E-state index in [4.69, 9.17) is 19.7 Å². The highest BCUT2D eigenvalue weighted by Gasteiger charge is 2.23. The summed E-state index contributed by atoms with van der Waals surface area (Å²) in [5.41, 5.74) is -0.361. The largest absolute Gasteiger partial charge is 0.480 e. The van der Waals surface area contributed by atoms with Crippen molar-refractivity contribution in [2.75, 3.05) is 19.7 Å². The first kappa shape index (κ1) is 19.6. The molecular formula is C13H23NO5. The van der Waals surface area contributed by atoms with Crippen molar-refractivity contribution in [1.82, 2.24) is 4.90 Å². The summed E-state index contributed by atoms with van der Waals surface area (Å²) in [6.45, 7) is 6.60. The number of carboxylic acid groups (broad SMARTS) is 1. The second-order valence-corrected chi connectivity index (χ2v) is 4.73. The Morgan fingerprint density at radius 1 is 1.21 bits per heavy atom. The fourth-order valence-electron chi connectivity index (χ4n) is 1.23. The molecule has 0 radical (unpaired) electrons. The molecule has 0 unspecified atom stereocenters. The van der Waals surface area contributed by atoms with Crippen LogP contribution in [0.25, 0.3) is 0 Å². The monoisotopic (exact) mass is 273 g/mol. The van der Waals surface area contributed by atoms with Gasteiger partial charge in [0.15, 0.2) is 0 Å². The van der Waals surface area contributed by atoms with E-state index in [0.29, 0.717) is 0 Å². The fourth-order valence-corrected chi connectivity index (χ4v) is 1.23. The number of hydrogen-bond acceptors (Lipinski definition) is 4. The number of carbonyl (C=O) groups is 2. The van der Waals surface area contributed by atoms with Crippen molar-refractivity contribution in [3.8, 4) is 12.8 Å². The molecule has 110 valence electrons. The Balaban J connectivity index is 0. The number of hydrogen-bond donors (Lipinski definition) is 2. The predicted octanol–water partition coefficient (Wildman–Crippen LogP) is 1.33. The molecular weight excluding hydrogens is 250 g/mol. The van der Waals surface area contributed by atoms with Crippen LogP contribution in [0.4, 0.5) is 4.79 Å². The molecule has 0 bridgehead atoms. The number of nitrogens with zero attached hydrogens (tertiary/aromatic N) is 1. The fraction of sp³-hybridized carbons (Fsp3) is 0.692. The van der Waals surface area contributed by atoms with Crippen LogP contribution in [-0.2, 0) is 9.53 Å². The van der Waals surface area contributed by atoms with Crippen molar-refractivity contribution in [3.63, 3.8) is 0 Å². The number of ether oxygens (including phenoxy) is 1. The van der Waals surface area contributed by atoms with E-state index < -0.39 is 12.6 Å². The van der Waals surface area contributed by atoms with Crippen molar-refractivity contribution >= 4 is 12.1 Å². The second kappa shape index (κ2) is 10.2. The average Bonchev–Trinajstić information content (AvgIpc) is 2.84. The lowest BCUT2D eigenvalue weighted by molar-refractivity contribution is -0.140. The van der Waals surface area contributed by atoms with Gasteiger partial charge in [0.1, 0.15) is 12.2 Å². The summed E-state index contributed by atoms with van der Waals surface area (Å²) in [6.07, 6.45) is 10.1. The number of likely N-dealkylation sites (tertiary alicyclic amines) is 1. The van der Waals surface area contributed by atoms with Crippen LogP contribution in [-0.4, -0.2) is 52.5 Å². The molecule has 1 amide bonds. The molecule has 2 N–H and O–H groups in total. The van der Waals surface area contributed by atoms with Crippen molar-refractivity contribution < 1.29 is 24.5 Å². The highest BCUT2D eigenvalue weighted by atomic mass is 16.6. The molecule has 0 aromatic rings. The van der Waals surface area contributed by atoms with Crippen LogP contribution < -0.4 is 0 Å². The van der Waals surface area contributed by atoms with E-state index in [1.807, 2.05) is 20.8 Å². The number of aliphatic hydroxyl groups is 1. The molecule has 0 saturated carbocycles. The standard InChI is InChI=1S/C9H17NO2.C2H4O3.C2H2/c1-9(2,3)12-8(11)10-6-4-5-7-10;3-1-2(4)5;1-2/h4-7H2,1-3H3;3H,1H2,(H,4,5);1-2H. The molecule has 6 heteroatoms. The van der Waals surface area contributed by atoms with Gasteiger partial charge in [-0.2, -0.15) is 0 Å². The molecule has 1 fully saturated rings. The number of terminal acetylenes is 1. The number of aliphatic carboxylic acids is 1. The Bertz CT molecular complexity index is 287. The summed E-state index contributed by atoms with van der Waals surface area (Å²) in [6, 6.07) is 0. The Hall–Kier alpha value is -1.74. The number of amides is 1. The lowest BCUT2D eigenvalue weighted by Gasteiger charge is -2.23. The molecule has 0 aromatic heterocycles. The van der Waals surface area contributed by atoms with E-state index in [-0.39, 0.29) is 11.7 Å². The highest BCUT2D eigenvalue weighted by Crippen LogP contribution is 2.14. The normalized spacial score (nSPS) is 13.5. The maximum atomic E-state index is 11.4. The number of carbonyl (C=O) groups excluding carboxylic acids is 1. The first-order chi connectivity index (χ1) is 8.76. The molecule has 6 nitrogen and oxygen atoms in total. The first-order valence-corrected chi connectivity index (χ1v) is 5.90. The summed E-state index contributed by atoms with van der Waals surface area (Å²) < 4.78 is 5.21. The molecule has 1 heterocycles. The summed E-state index contributed by atoms with van der Waals surface area (Å²) in [5.74, 6) is -1.19. The SMILES string of the molecule is C#C.CC(C)(C)OC(=O)N1CCCC1.O=C(O)CO. The van der Waals surface area contributed by atoms with Crippen LogP contribution in [0.5, 0.6) is 0 Å². The summed E-state index contributed by atoms with van der Waals surface area (Å²) in [5, 5.41) is 15.0. The van der Waals surface area contributed by atoms with Crippen molar-refractivity contribution in [3.05, 3.63) is 0 Å². The minimum atomic E-state index is -1.19. The summed E-state index contributed by atoms with van der Waals surface area (Å²) in [7, 11) is 0. The zero-order valence-corrected chi connectivity index (χ0v) is 11.8. The van der Waals surface area contributed by atoms with Gasteiger partial charge >= 0.3 is 12.1 Å². The Morgan fingerprint density at radius 2 is 1.58 bits per heavy atom. The molecule has 19 heavy (non-hydrogen) atoms. The van der Waals surface area contributed by atoms with Gasteiger partial charge in [-0.3, -0.25) is 0 Å². The van der Waals surface area contributed by atoms with E-state index in [0.717, 1.165) is 25.9 Å². The van der Waals surface area contributed by atoms with E-state index in [9.17, 15) is 4.79 Å². The minimum absolute atomic E-state index is 0.167. The minimum Gasteiger partial charge on any atom is -0.480 e. The van der Waals surface area contributed by atoms with Crippen molar-refractivity contribution in [2.24, 2.45) is 0 Å². The van der Waals surface area contributed by atoms with Gasteiger partial charge in [-0.25, -0.2) is 9.59 Å². The third-order valence-electron chi connectivity index (χ3n) is 1.89. The van der Waals surface area contributed by atoms with Crippen molar-refractivity contribution in [1.29, 1.82) is 0 Å². The molecule has 0 aliphatic carbocycles. The molecule has 1 rings (SSSR count). The van der Waals surface area contributed by atoms with E-state index in [2.05, 4.69) is 12.8 Å². The maximum absolute atomic E-state index is 11.4. The molecule has 0 atom stereocenters. The highest BCUT2D eigenvalue weighted by molar-refractivity contribution is 5.68. The van der Waals surface area contributed by atoms with Gasteiger partial charge in [0.25, 0.3) is 0 Å². The van der Waals surface area contributed by atoms with Crippen LogP contribution in [0.3, 0.4) is 0 Å². The third kappa shape index (κ3) is 12.5. The topological polar surface area (TPSA) is 87.1 Å². The third-order valence-corrected chi connectivity index (χ3v) is 1.89. The van der Waals surface area contributed by atoms with Crippen LogP contribution in [0.1, 0.15) is 33.6 Å². The van der Waals surface area contributed by atoms with Crippen LogP contribution in [0.15, 0.2) is 0 Å². The van der Waals surface area contributed by atoms with Crippen LogP contribution in [0, 0.1) is 12.8 Å². The number of rotatable bonds is 1. The van der Waals surface area contributed by atoms with Crippen molar-refractivity contribution in [2.45, 2.75) is 39.2 Å². The van der Waals surface area contributed by atoms with Gasteiger partial charge in [-0.15, -0.1) is 12.8 Å². The van der Waals surface area contributed by atoms with Gasteiger partial charge < -0.3 is 19.8 Å². The van der Waals surface area contributed by atoms with Gasteiger partial charge in [0.05, 0.1) is 0 Å². The van der Waals surface area contributed by atoms with E-state index in [1.54, 1.807) is 4.90 Å². The van der Waals surface area contributed by atoms with E-state index >= 15 is 0 Å². The molecule has 1 aliphatic rings. The maximum Gasteiger partial charge on any atom is 0.410 e. The Labute approximate surface area is 114 Å². The van der Waals surface area contributed by atoms with Crippen LogP contribution >= 0.6 is 0 Å². The van der Waals surface area contributed by atoms with Gasteiger partial charge in [0.2, 0.25) is 0 Å². The first-order valence-electron chi connectivity index (χ1n) is 5.90. The van der Waals surface area contributed by atoms with Gasteiger partial charge in [-0.1, -0.05) is 0 Å². The zero-order chi connectivity index (χ0) is 15.5. The zero-order valence-electron chi connectivity index (χ0n) is 11.8. The van der Waals surface area contributed by atoms with Gasteiger partial charge in [-0.05, 0) is 33.6 Å². The summed E-state index contributed by atoms with van der Waals surface area (Å²) >= 11 is 0. The number of carboxylic acids is 1. The Morgan fingerprint density at radius 3 is 1.84 bits per heavy atom. The Kier molecular flexibility index (Phi) is 10.5. The molecule has 1 aliphatic heterocycles. The van der Waals surface area contributed by atoms with Gasteiger partial charge in [0, 0.05) is 13.1 Å². The average molecular weight is 273 g/mol. The molecule has 0 spiro atoms. The number of aliphatic hydroxyl groups excluding tert-OH is 1. The van der Waals surface area contributed by atoms with E-state index in [1.165, 1.54) is 0 Å². The summed E-state index contributed by atoms with van der Waals surface area (Å²) in [4.78, 5) is 22.3. The lowest BCUT2D eigenvalue weighted by atomic mass is 10.2. The second-order valence-electron chi connectivity index (χ2n) is 4.73. The molecule has 0 aromatic carbocycles. The quantitative estimate of drug-likeness (QED) is 0.704.